The van der Waals surface area contributed by atoms with Crippen LogP contribution in [0.2, 0.25) is 0 Å². The SMILES string of the molecule is C=CC(CO)N[C@H](C(=O)O)C(C)C. The largest absolute Gasteiger partial charge is 0.480 e. The topological polar surface area (TPSA) is 69.6 Å². The van der Waals surface area contributed by atoms with Gasteiger partial charge in [0.15, 0.2) is 0 Å². The summed E-state index contributed by atoms with van der Waals surface area (Å²) in [6, 6.07) is -1.00. The monoisotopic (exact) mass is 187 g/mol. The van der Waals surface area contributed by atoms with Crippen LogP contribution >= 0.6 is 0 Å². The number of hydrogen-bond donors (Lipinski definition) is 3. The maximum absolute atomic E-state index is 10.7. The minimum atomic E-state index is -0.907. The van der Waals surface area contributed by atoms with Gasteiger partial charge in [-0.05, 0) is 5.92 Å². The van der Waals surface area contributed by atoms with Gasteiger partial charge in [-0.2, -0.15) is 0 Å². The molecule has 0 aromatic rings. The molecular formula is C9H17NO3. The van der Waals surface area contributed by atoms with Crippen molar-refractivity contribution in [3.05, 3.63) is 12.7 Å². The van der Waals surface area contributed by atoms with E-state index in [1.165, 1.54) is 6.08 Å². The molecule has 4 heteroatoms. The van der Waals surface area contributed by atoms with Gasteiger partial charge in [0, 0.05) is 6.04 Å². The molecule has 1 unspecified atom stereocenters. The molecule has 0 rings (SSSR count). The summed E-state index contributed by atoms with van der Waals surface area (Å²) in [4.78, 5) is 10.7. The van der Waals surface area contributed by atoms with Crippen molar-refractivity contribution in [2.45, 2.75) is 25.9 Å². The van der Waals surface area contributed by atoms with Gasteiger partial charge in [-0.3, -0.25) is 10.1 Å². The van der Waals surface area contributed by atoms with Crippen LogP contribution in [0.4, 0.5) is 0 Å². The third-order valence-corrected chi connectivity index (χ3v) is 1.81. The van der Waals surface area contributed by atoms with Gasteiger partial charge in [-0.25, -0.2) is 0 Å². The Labute approximate surface area is 78.3 Å². The minimum Gasteiger partial charge on any atom is -0.480 e. The molecule has 4 nitrogen and oxygen atoms in total. The minimum absolute atomic E-state index is 0.0218. The van der Waals surface area contributed by atoms with Crippen LogP contribution in [0.5, 0.6) is 0 Å². The second-order valence-corrected chi connectivity index (χ2v) is 3.25. The molecule has 0 aliphatic carbocycles. The van der Waals surface area contributed by atoms with Gasteiger partial charge in [0.2, 0.25) is 0 Å². The number of aliphatic hydroxyl groups excluding tert-OH is 1. The molecular weight excluding hydrogens is 170 g/mol. The molecule has 0 bridgehead atoms. The van der Waals surface area contributed by atoms with Crippen molar-refractivity contribution in [2.24, 2.45) is 5.92 Å². The van der Waals surface area contributed by atoms with E-state index >= 15 is 0 Å². The molecule has 76 valence electrons. The Balaban J connectivity index is 4.24. The van der Waals surface area contributed by atoms with Gasteiger partial charge in [0.05, 0.1) is 6.61 Å². The van der Waals surface area contributed by atoms with Crippen molar-refractivity contribution in [2.75, 3.05) is 6.61 Å². The highest BCUT2D eigenvalue weighted by molar-refractivity contribution is 5.73. The van der Waals surface area contributed by atoms with Crippen LogP contribution in [-0.2, 0) is 4.79 Å². The van der Waals surface area contributed by atoms with Crippen LogP contribution in [-0.4, -0.2) is 34.9 Å². The van der Waals surface area contributed by atoms with Crippen LogP contribution in [0.15, 0.2) is 12.7 Å². The van der Waals surface area contributed by atoms with E-state index in [1.807, 2.05) is 13.8 Å². The van der Waals surface area contributed by atoms with E-state index in [-0.39, 0.29) is 18.6 Å². The van der Waals surface area contributed by atoms with E-state index in [4.69, 9.17) is 10.2 Å². The van der Waals surface area contributed by atoms with Gasteiger partial charge < -0.3 is 10.2 Å². The second kappa shape index (κ2) is 5.72. The van der Waals surface area contributed by atoms with Crippen molar-refractivity contribution in [3.8, 4) is 0 Å². The van der Waals surface area contributed by atoms with Gasteiger partial charge in [-0.1, -0.05) is 19.9 Å². The first kappa shape index (κ1) is 12.1. The Morgan fingerprint density at radius 3 is 2.38 bits per heavy atom. The summed E-state index contributed by atoms with van der Waals surface area (Å²) >= 11 is 0. The predicted molar refractivity (Wildman–Crippen MR) is 50.5 cm³/mol. The first-order chi connectivity index (χ1) is 6.02. The number of carboxylic acids is 1. The zero-order valence-corrected chi connectivity index (χ0v) is 8.03. The quantitative estimate of drug-likeness (QED) is 0.521. The molecule has 3 N–H and O–H groups in total. The van der Waals surface area contributed by atoms with Crippen LogP contribution < -0.4 is 5.32 Å². The van der Waals surface area contributed by atoms with E-state index in [0.29, 0.717) is 0 Å². The molecule has 0 radical (unpaired) electrons. The lowest BCUT2D eigenvalue weighted by Gasteiger charge is -2.21. The molecule has 0 saturated carbocycles. The number of rotatable bonds is 6. The number of hydrogen-bond acceptors (Lipinski definition) is 3. The molecule has 0 saturated heterocycles. The Bertz CT molecular complexity index is 180. The highest BCUT2D eigenvalue weighted by Gasteiger charge is 2.22. The standard InChI is InChI=1S/C9H17NO3/c1-4-7(5-11)10-8(6(2)3)9(12)13/h4,6-8,10-11H,1,5H2,2-3H3,(H,12,13)/t7?,8-/m0/s1. The highest BCUT2D eigenvalue weighted by atomic mass is 16.4. The number of aliphatic carboxylic acids is 1. The first-order valence-corrected chi connectivity index (χ1v) is 4.25. The lowest BCUT2D eigenvalue weighted by molar-refractivity contribution is -0.140. The molecule has 2 atom stereocenters. The average Bonchev–Trinajstić information content (AvgIpc) is 2.05. The summed E-state index contributed by atoms with van der Waals surface area (Å²) < 4.78 is 0. The fourth-order valence-electron chi connectivity index (χ4n) is 0.975. The Hall–Kier alpha value is -0.870. The molecule has 0 aromatic heterocycles. The zero-order valence-electron chi connectivity index (χ0n) is 8.03. The number of carbonyl (C=O) groups is 1. The number of aliphatic hydroxyl groups is 1. The second-order valence-electron chi connectivity index (χ2n) is 3.25. The Kier molecular flexibility index (Phi) is 5.34. The molecule has 0 aromatic carbocycles. The number of nitrogens with one attached hydrogen (secondary N) is 1. The molecule has 0 fully saturated rings. The lowest BCUT2D eigenvalue weighted by atomic mass is 10.0. The van der Waals surface area contributed by atoms with Crippen molar-refractivity contribution in [1.29, 1.82) is 0 Å². The van der Waals surface area contributed by atoms with Crippen LogP contribution in [0, 0.1) is 5.92 Å². The third-order valence-electron chi connectivity index (χ3n) is 1.81. The highest BCUT2D eigenvalue weighted by Crippen LogP contribution is 2.03. The maximum atomic E-state index is 10.7. The van der Waals surface area contributed by atoms with Gasteiger partial charge in [-0.15, -0.1) is 6.58 Å². The molecule has 0 aliphatic heterocycles. The van der Waals surface area contributed by atoms with E-state index in [9.17, 15) is 4.79 Å². The molecule has 0 spiro atoms. The number of carboxylic acid groups (broad SMARTS) is 1. The van der Waals surface area contributed by atoms with E-state index < -0.39 is 12.0 Å². The van der Waals surface area contributed by atoms with Crippen LogP contribution in [0.25, 0.3) is 0 Å². The normalized spacial score (nSPS) is 15.4. The Morgan fingerprint density at radius 2 is 2.15 bits per heavy atom. The smallest absolute Gasteiger partial charge is 0.320 e. The van der Waals surface area contributed by atoms with Crippen molar-refractivity contribution >= 4 is 5.97 Å². The first-order valence-electron chi connectivity index (χ1n) is 4.25. The summed E-state index contributed by atoms with van der Waals surface area (Å²) in [5.41, 5.74) is 0. The molecule has 0 heterocycles. The summed E-state index contributed by atoms with van der Waals surface area (Å²) in [6.45, 7) is 6.97. The van der Waals surface area contributed by atoms with Crippen LogP contribution in [0.3, 0.4) is 0 Å². The van der Waals surface area contributed by atoms with E-state index in [2.05, 4.69) is 11.9 Å². The van der Waals surface area contributed by atoms with Crippen molar-refractivity contribution in [1.82, 2.24) is 5.32 Å². The van der Waals surface area contributed by atoms with Gasteiger partial charge in [0.1, 0.15) is 6.04 Å². The van der Waals surface area contributed by atoms with Crippen LogP contribution in [0.1, 0.15) is 13.8 Å². The molecule has 0 aliphatic rings. The summed E-state index contributed by atoms with van der Waals surface area (Å²) in [5.74, 6) is -0.929. The van der Waals surface area contributed by atoms with Gasteiger partial charge in [0.25, 0.3) is 0 Å². The van der Waals surface area contributed by atoms with E-state index in [0.717, 1.165) is 0 Å². The molecule has 13 heavy (non-hydrogen) atoms. The maximum Gasteiger partial charge on any atom is 0.320 e. The van der Waals surface area contributed by atoms with Crippen molar-refractivity contribution in [3.63, 3.8) is 0 Å². The summed E-state index contributed by atoms with van der Waals surface area (Å²) in [6.07, 6.45) is 1.50. The van der Waals surface area contributed by atoms with E-state index in [1.54, 1.807) is 0 Å². The molecule has 0 amide bonds. The third kappa shape index (κ3) is 4.05. The lowest BCUT2D eigenvalue weighted by Crippen LogP contribution is -2.47. The zero-order chi connectivity index (χ0) is 10.4. The summed E-state index contributed by atoms with van der Waals surface area (Å²) in [5, 5.41) is 20.4. The summed E-state index contributed by atoms with van der Waals surface area (Å²) in [7, 11) is 0. The fourth-order valence-corrected chi connectivity index (χ4v) is 0.975. The Morgan fingerprint density at radius 1 is 1.62 bits per heavy atom. The van der Waals surface area contributed by atoms with Crippen molar-refractivity contribution < 1.29 is 15.0 Å². The fraction of sp³-hybridized carbons (Fsp3) is 0.667. The average molecular weight is 187 g/mol. The predicted octanol–water partition coefficient (Wildman–Crippen LogP) is 0.232. The van der Waals surface area contributed by atoms with Gasteiger partial charge >= 0.3 is 5.97 Å².